The van der Waals surface area contributed by atoms with Gasteiger partial charge in [-0.25, -0.2) is 0 Å². The highest BCUT2D eigenvalue weighted by molar-refractivity contribution is 6.35. The highest BCUT2D eigenvalue weighted by Gasteiger charge is 2.59. The van der Waals surface area contributed by atoms with Gasteiger partial charge in [0.15, 0.2) is 0 Å². The van der Waals surface area contributed by atoms with Gasteiger partial charge in [-0.15, -0.1) is 0 Å². The van der Waals surface area contributed by atoms with Crippen LogP contribution in [0.2, 0.25) is 15.1 Å². The van der Waals surface area contributed by atoms with Crippen molar-refractivity contribution in [1.29, 1.82) is 0 Å². The minimum absolute atomic E-state index is 0.0130. The van der Waals surface area contributed by atoms with E-state index in [-0.39, 0.29) is 43.6 Å². The fourth-order valence-electron chi connectivity index (χ4n) is 15.8. The zero-order valence-corrected chi connectivity index (χ0v) is 56.9. The second-order valence-corrected chi connectivity index (χ2v) is 32.4. The molecule has 2 aromatic heterocycles. The number of benzene rings is 8. The average Bonchev–Trinajstić information content (AvgIpc) is 1.57. The van der Waals surface area contributed by atoms with Gasteiger partial charge in [-0.3, -0.25) is 0 Å². The molecule has 0 bridgehead atoms. The molecule has 1 N–H and O–H groups in total. The van der Waals surface area contributed by atoms with Crippen molar-refractivity contribution in [3.8, 4) is 5.69 Å². The molecule has 4 unspecified atom stereocenters. The number of rotatable bonds is 3. The molecule has 4 aliphatic rings. The van der Waals surface area contributed by atoms with Gasteiger partial charge < -0.3 is 19.4 Å². The van der Waals surface area contributed by atoms with Gasteiger partial charge in [0, 0.05) is 86.9 Å². The van der Waals surface area contributed by atoms with Gasteiger partial charge in [0.2, 0.25) is 0 Å². The molecular weight excluding hydrogens is 1120 g/mol. The van der Waals surface area contributed by atoms with Gasteiger partial charge in [-0.05, 0) is 192 Å². The molecule has 0 radical (unpaired) electrons. The molecule has 8 aromatic carbocycles. The third-order valence-electron chi connectivity index (χ3n) is 21.3. The lowest BCUT2D eigenvalue weighted by molar-refractivity contribution is 0.195. The predicted octanol–water partition coefficient (Wildman–Crippen LogP) is 24.4. The maximum atomic E-state index is 7.06. The first-order valence-electron chi connectivity index (χ1n) is 32.1. The van der Waals surface area contributed by atoms with Gasteiger partial charge in [0.25, 0.3) is 0 Å². The maximum absolute atomic E-state index is 7.06. The Morgan fingerprint density at radius 3 is 1.09 bits per heavy atom. The van der Waals surface area contributed by atoms with E-state index in [1.807, 2.05) is 12.1 Å². The van der Waals surface area contributed by atoms with Crippen LogP contribution < -0.4 is 9.80 Å². The minimum atomic E-state index is -0.0130. The summed E-state index contributed by atoms with van der Waals surface area (Å²) in [5, 5.41) is 7.43. The largest absolute Gasteiger partial charge is 0.355 e. The third kappa shape index (κ3) is 10.4. The number of halogens is 3. The molecule has 7 heteroatoms. The summed E-state index contributed by atoms with van der Waals surface area (Å²) in [6.07, 6.45) is 9.89. The van der Waals surface area contributed by atoms with E-state index in [2.05, 4.69) is 270 Å². The number of aromatic amines is 1. The van der Waals surface area contributed by atoms with E-state index >= 15 is 0 Å². The number of nitrogens with zero attached hydrogens (tertiary/aromatic N) is 3. The quantitative estimate of drug-likeness (QED) is 0.191. The normalized spacial score (nSPS) is 22.0. The van der Waals surface area contributed by atoms with Crippen molar-refractivity contribution in [2.24, 2.45) is 0 Å². The summed E-state index contributed by atoms with van der Waals surface area (Å²) < 4.78 is 2.43. The molecule has 2 aliphatic heterocycles. The second kappa shape index (κ2) is 21.5. The first-order valence-corrected chi connectivity index (χ1v) is 33.2. The van der Waals surface area contributed by atoms with Crippen LogP contribution in [0, 0.1) is 0 Å². The van der Waals surface area contributed by atoms with E-state index in [4.69, 9.17) is 34.8 Å². The van der Waals surface area contributed by atoms with E-state index < -0.39 is 0 Å². The topological polar surface area (TPSA) is 27.2 Å². The third-order valence-corrected chi connectivity index (χ3v) is 22.0. The minimum Gasteiger partial charge on any atom is -0.355 e. The maximum Gasteiger partial charge on any atom is 0.0541 e. The molecule has 4 atom stereocenters. The predicted molar refractivity (Wildman–Crippen MR) is 378 cm³/mol. The van der Waals surface area contributed by atoms with Crippen molar-refractivity contribution in [2.75, 3.05) is 9.80 Å². The summed E-state index contributed by atoms with van der Waals surface area (Å²) in [6, 6.07) is 58.1. The molecule has 2 aliphatic carbocycles. The van der Waals surface area contributed by atoms with E-state index in [1.54, 1.807) is 6.07 Å². The molecule has 4 heterocycles. The molecule has 4 nitrogen and oxygen atoms in total. The Morgan fingerprint density at radius 1 is 0.356 bits per heavy atom. The number of aromatic nitrogens is 2. The zero-order valence-electron chi connectivity index (χ0n) is 54.6. The van der Waals surface area contributed by atoms with E-state index in [0.29, 0.717) is 10.0 Å². The van der Waals surface area contributed by atoms with Crippen molar-refractivity contribution in [3.05, 3.63) is 206 Å². The smallest absolute Gasteiger partial charge is 0.0541 e. The zero-order chi connectivity index (χ0) is 62.2. The summed E-state index contributed by atoms with van der Waals surface area (Å²) >= 11 is 19.7. The number of nitrogens with one attached hydrogen (secondary N) is 1. The van der Waals surface area contributed by atoms with Crippen LogP contribution in [0.3, 0.4) is 0 Å². The number of hydrogen-bond acceptors (Lipinski definition) is 2. The monoisotopic (exact) mass is 1210 g/mol. The Labute approximate surface area is 534 Å². The van der Waals surface area contributed by atoms with Crippen molar-refractivity contribution in [2.45, 2.75) is 206 Å². The van der Waals surface area contributed by atoms with Crippen molar-refractivity contribution in [3.63, 3.8) is 0 Å². The Morgan fingerprint density at radius 2 is 0.690 bits per heavy atom. The van der Waals surface area contributed by atoms with Gasteiger partial charge in [-0.1, -0.05) is 218 Å². The fourth-order valence-corrected chi connectivity index (χ4v) is 16.5. The van der Waals surface area contributed by atoms with Crippen LogP contribution in [0.4, 0.5) is 22.7 Å². The summed E-state index contributed by atoms with van der Waals surface area (Å²) in [5.41, 5.74) is 20.1. The second-order valence-electron chi connectivity index (χ2n) is 31.1. The first kappa shape index (κ1) is 61.1. The summed E-state index contributed by atoms with van der Waals surface area (Å²) in [5.74, 6) is 0. The highest BCUT2D eigenvalue weighted by Crippen LogP contribution is 2.62. The lowest BCUT2D eigenvalue weighted by Gasteiger charge is -2.50. The van der Waals surface area contributed by atoms with Gasteiger partial charge >= 0.3 is 0 Å². The molecule has 452 valence electrons. The van der Waals surface area contributed by atoms with E-state index in [9.17, 15) is 0 Å². The molecule has 87 heavy (non-hydrogen) atoms. The molecular formula is C80H91Cl3N4. The fraction of sp³-hybridized carbons (Fsp3) is 0.400. The molecule has 2 saturated carbocycles. The Kier molecular flexibility index (Phi) is 15.1. The molecule has 0 spiro atoms. The van der Waals surface area contributed by atoms with Crippen LogP contribution in [0.1, 0.15) is 196 Å². The van der Waals surface area contributed by atoms with Gasteiger partial charge in [0.1, 0.15) is 0 Å². The van der Waals surface area contributed by atoms with Crippen LogP contribution >= 0.6 is 34.8 Å². The highest BCUT2D eigenvalue weighted by atomic mass is 35.5. The first-order chi connectivity index (χ1) is 40.8. The van der Waals surface area contributed by atoms with Crippen molar-refractivity contribution < 1.29 is 0 Å². The number of anilines is 4. The van der Waals surface area contributed by atoms with Gasteiger partial charge in [-0.2, -0.15) is 0 Å². The van der Waals surface area contributed by atoms with Gasteiger partial charge in [0.05, 0.1) is 22.1 Å². The van der Waals surface area contributed by atoms with E-state index in [1.165, 1.54) is 145 Å². The molecule has 0 amide bonds. The Bertz CT molecular complexity index is 4140. The summed E-state index contributed by atoms with van der Waals surface area (Å²) in [4.78, 5) is 8.65. The SMILES string of the molecule is CC(C)(C)c1ccc2[nH]c3ccc(C(C)(C)C)cc3c2c1.CC(C)(C)c1ccc2c(c1)c1cc(C(C)(C)C)ccc1n2-c1cc(Cl)cc(N2c3ccccc3C3(C)CCCCC23C)c1.CC12CCCCC1(C)N(c1cc(Cl)cc(Cl)c1)c1ccccc12. The Hall–Kier alpha value is -6.17. The molecule has 14 rings (SSSR count). The van der Waals surface area contributed by atoms with Crippen LogP contribution in [-0.2, 0) is 32.5 Å². The number of para-hydroxylation sites is 2. The molecule has 2 fully saturated rings. The lowest BCUT2D eigenvalue weighted by Crippen LogP contribution is -2.54. The molecule has 10 aromatic rings. The molecule has 0 saturated heterocycles. The summed E-state index contributed by atoms with van der Waals surface area (Å²) in [7, 11) is 0. The van der Waals surface area contributed by atoms with Crippen LogP contribution in [-0.4, -0.2) is 20.6 Å². The van der Waals surface area contributed by atoms with Crippen LogP contribution in [0.25, 0.3) is 49.3 Å². The van der Waals surface area contributed by atoms with Crippen molar-refractivity contribution >= 4 is 101 Å². The average molecular weight is 1210 g/mol. The Balaban J connectivity index is 0.000000141. The standard InChI is InChI=1S/C40H45ClN2.C20H21Cl2N.C20H25N/c1-37(2,3)26-15-17-34-31(21-26)32-22-27(38(4,5)6)16-18-35(32)42(34)29-23-28(41)24-30(25-29)43-36-14-10-9-13-33(36)39(7)19-11-12-20-40(39,43)8;1-19-9-5-6-10-20(19,2)23(18-8-4-3-7-17(18)19)16-12-14(21)11-15(22)13-16;1-19(2,3)13-7-9-17-15(11-13)16-12-14(20(4,5)6)8-10-18(16)21-17/h9-10,13-18,21-25H,11-12,19-20H2,1-8H3;3-4,7-8,11-13H,5-6,9-10H2,1-2H3;7-12,21H,1-6H3. The van der Waals surface area contributed by atoms with Crippen molar-refractivity contribution in [1.82, 2.24) is 9.55 Å². The lowest BCUT2D eigenvalue weighted by atomic mass is 9.61. The van der Waals surface area contributed by atoms with Crippen LogP contribution in [0.5, 0.6) is 0 Å². The summed E-state index contributed by atoms with van der Waals surface area (Å²) in [6.45, 7) is 37.2. The number of H-pyrrole nitrogens is 1. The van der Waals surface area contributed by atoms with Crippen LogP contribution in [0.15, 0.2) is 158 Å². The van der Waals surface area contributed by atoms with E-state index in [0.717, 1.165) is 16.4 Å². The number of hydrogen-bond donors (Lipinski definition) is 1. The number of fused-ring (bicyclic) bond motifs is 12.